The summed E-state index contributed by atoms with van der Waals surface area (Å²) in [5.41, 5.74) is 5.83. The van der Waals surface area contributed by atoms with Gasteiger partial charge in [0.1, 0.15) is 12.0 Å². The fraction of sp³-hybridized carbons (Fsp3) is 0.391. The minimum absolute atomic E-state index is 0.104. The van der Waals surface area contributed by atoms with Crippen LogP contribution in [0.2, 0.25) is 5.02 Å². The highest BCUT2D eigenvalue weighted by atomic mass is 35.5. The second-order valence-corrected chi connectivity index (χ2v) is 19.8. The molecule has 3 aliphatic heterocycles. The van der Waals surface area contributed by atoms with Crippen LogP contribution in [0.3, 0.4) is 0 Å². The van der Waals surface area contributed by atoms with Crippen molar-refractivity contribution < 1.29 is 18.1 Å². The van der Waals surface area contributed by atoms with Crippen LogP contribution >= 0.6 is 23.4 Å². The molecule has 1 aliphatic carbocycles. The van der Waals surface area contributed by atoms with E-state index >= 15 is 0 Å². The normalized spacial score (nSPS) is 20.2. The summed E-state index contributed by atoms with van der Waals surface area (Å²) in [4.78, 5) is 28.9. The summed E-state index contributed by atoms with van der Waals surface area (Å²) in [5.74, 6) is 0.776. The lowest BCUT2D eigenvalue weighted by molar-refractivity contribution is -0.384. The van der Waals surface area contributed by atoms with Crippen LogP contribution in [-0.4, -0.2) is 109 Å². The van der Waals surface area contributed by atoms with Gasteiger partial charge in [-0.25, -0.2) is 18.4 Å². The summed E-state index contributed by atoms with van der Waals surface area (Å²) in [6.07, 6.45) is 8.08. The van der Waals surface area contributed by atoms with Crippen molar-refractivity contribution in [3.05, 3.63) is 124 Å². The van der Waals surface area contributed by atoms with Crippen molar-refractivity contribution in [3.63, 3.8) is 0 Å². The fourth-order valence-corrected chi connectivity index (χ4v) is 11.4. The number of anilines is 3. The van der Waals surface area contributed by atoms with Gasteiger partial charge in [-0.1, -0.05) is 47.5 Å². The number of likely N-dealkylation sites (tertiary alicyclic amines) is 1. The summed E-state index contributed by atoms with van der Waals surface area (Å²) in [6.45, 7) is 6.99. The fourth-order valence-electron chi connectivity index (χ4n) is 9.24. The summed E-state index contributed by atoms with van der Waals surface area (Å²) in [5, 5.41) is 17.2. The van der Waals surface area contributed by atoms with Gasteiger partial charge in [-0.15, -0.1) is 11.8 Å². The first kappa shape index (κ1) is 42.5. The van der Waals surface area contributed by atoms with E-state index in [4.69, 9.17) is 16.3 Å². The molecular formula is C46H51ClN8O5S2. The number of morpholine rings is 1. The third-order valence-electron chi connectivity index (χ3n) is 12.6. The zero-order chi connectivity index (χ0) is 42.6. The van der Waals surface area contributed by atoms with E-state index in [1.807, 2.05) is 60.7 Å². The number of thioether (sulfide) groups is 1. The van der Waals surface area contributed by atoms with E-state index in [0.717, 1.165) is 99.8 Å². The van der Waals surface area contributed by atoms with Crippen LogP contribution in [0.25, 0.3) is 16.5 Å². The molecule has 0 spiro atoms. The van der Waals surface area contributed by atoms with Gasteiger partial charge in [0.2, 0.25) is 0 Å². The standard InChI is InChI=1S/C46H51ClN8O5S2/c47-34-12-10-32(11-13-34)41-9-5-4-6-33(41)27-52-20-22-53(23-21-52)36-14-16-42-44(25-36)48-31-49-46(42)51-62(58,59)40-15-17-43(45(26-40)55(56)57)50-35(30-61-39-7-2-1-3-8-39)18-19-54-28-38-24-37(54)29-60-38/h1-3,7-8,10-17,25-26,31,35,37-38,50H,4-6,9,18-24,27-30H2,(H,48,49,51)/t35?,37-,38-/m1/s1. The van der Waals surface area contributed by atoms with E-state index in [9.17, 15) is 18.5 Å². The van der Waals surface area contributed by atoms with Gasteiger partial charge in [0.05, 0.1) is 28.0 Å². The lowest BCUT2D eigenvalue weighted by Crippen LogP contribution is -2.47. The second-order valence-electron chi connectivity index (χ2n) is 16.6. The maximum absolute atomic E-state index is 13.9. The molecule has 62 heavy (non-hydrogen) atoms. The Kier molecular flexibility index (Phi) is 13.0. The average molecular weight is 896 g/mol. The Labute approximate surface area is 372 Å². The van der Waals surface area contributed by atoms with E-state index in [1.54, 1.807) is 11.8 Å². The number of sulfonamides is 1. The van der Waals surface area contributed by atoms with Crippen LogP contribution in [0, 0.1) is 10.1 Å². The number of nitrogens with one attached hydrogen (secondary N) is 2. The summed E-state index contributed by atoms with van der Waals surface area (Å²) in [6, 6.07) is 28.4. The molecule has 4 aromatic carbocycles. The first-order chi connectivity index (χ1) is 30.1. The number of hydrogen-bond donors (Lipinski definition) is 2. The number of nitro groups is 1. The molecule has 4 heterocycles. The molecule has 16 heteroatoms. The highest BCUT2D eigenvalue weighted by molar-refractivity contribution is 7.99. The van der Waals surface area contributed by atoms with Crippen LogP contribution in [0.15, 0.2) is 113 Å². The molecule has 0 amide bonds. The minimum atomic E-state index is -4.27. The molecule has 0 saturated carbocycles. The Hall–Kier alpha value is -4.77. The predicted molar refractivity (Wildman–Crippen MR) is 248 cm³/mol. The minimum Gasteiger partial charge on any atom is -0.376 e. The second kappa shape index (κ2) is 18.9. The van der Waals surface area contributed by atoms with E-state index in [2.05, 4.69) is 46.8 Å². The molecule has 3 atom stereocenters. The van der Waals surface area contributed by atoms with E-state index < -0.39 is 14.9 Å². The van der Waals surface area contributed by atoms with Crippen molar-refractivity contribution in [2.75, 3.05) is 73.1 Å². The summed E-state index contributed by atoms with van der Waals surface area (Å²) >= 11 is 7.86. The number of fused-ring (bicyclic) bond motifs is 3. The van der Waals surface area contributed by atoms with Crippen LogP contribution < -0.4 is 14.9 Å². The Morgan fingerprint density at radius 3 is 2.52 bits per heavy atom. The molecule has 324 valence electrons. The summed E-state index contributed by atoms with van der Waals surface area (Å²) in [7, 11) is -4.27. The Balaban J connectivity index is 0.864. The smallest absolute Gasteiger partial charge is 0.293 e. The molecule has 9 rings (SSSR count). The van der Waals surface area contributed by atoms with Gasteiger partial charge in [0.25, 0.3) is 15.7 Å². The highest BCUT2D eigenvalue weighted by Crippen LogP contribution is 2.36. The number of nitro benzene ring substituents is 1. The molecule has 13 nitrogen and oxygen atoms in total. The van der Waals surface area contributed by atoms with Crippen molar-refractivity contribution in [2.24, 2.45) is 0 Å². The van der Waals surface area contributed by atoms with Crippen molar-refractivity contribution in [1.29, 1.82) is 0 Å². The molecule has 2 N–H and O–H groups in total. The Bertz CT molecular complexity index is 2540. The van der Waals surface area contributed by atoms with E-state index in [0.29, 0.717) is 22.7 Å². The number of hydrogen-bond acceptors (Lipinski definition) is 12. The van der Waals surface area contributed by atoms with Crippen molar-refractivity contribution in [1.82, 2.24) is 19.8 Å². The topological polar surface area (TPSA) is 146 Å². The molecule has 3 fully saturated rings. The summed E-state index contributed by atoms with van der Waals surface area (Å²) < 4.78 is 36.1. The number of nitrogens with zero attached hydrogens (tertiary/aromatic N) is 6. The molecular weight excluding hydrogens is 844 g/mol. The molecule has 2 bridgehead atoms. The van der Waals surface area contributed by atoms with Crippen LogP contribution in [-0.2, 0) is 14.8 Å². The largest absolute Gasteiger partial charge is 0.376 e. The lowest BCUT2D eigenvalue weighted by Gasteiger charge is -2.37. The third kappa shape index (κ3) is 9.88. The SMILES string of the molecule is O=[N+]([O-])c1cc(S(=O)(=O)Nc2ncnc3cc(N4CCN(CC5=C(c6ccc(Cl)cc6)CCCC5)CC4)ccc23)ccc1NC(CCN1C[C@H]2C[C@@H]1CO2)CSc1ccccc1. The zero-order valence-corrected chi connectivity index (χ0v) is 36.9. The predicted octanol–water partition coefficient (Wildman–Crippen LogP) is 8.58. The van der Waals surface area contributed by atoms with Crippen LogP contribution in [0.5, 0.6) is 0 Å². The highest BCUT2D eigenvalue weighted by Gasteiger charge is 2.39. The maximum atomic E-state index is 13.9. The maximum Gasteiger partial charge on any atom is 0.293 e. The van der Waals surface area contributed by atoms with Gasteiger partial charge in [-0.05, 0) is 104 Å². The number of halogens is 1. The average Bonchev–Trinajstić information content (AvgIpc) is 3.92. The lowest BCUT2D eigenvalue weighted by atomic mass is 9.87. The van der Waals surface area contributed by atoms with E-state index in [-0.39, 0.29) is 34.2 Å². The van der Waals surface area contributed by atoms with Gasteiger partial charge in [0, 0.05) is 90.7 Å². The zero-order valence-electron chi connectivity index (χ0n) is 34.5. The Morgan fingerprint density at radius 1 is 0.952 bits per heavy atom. The number of aromatic nitrogens is 2. The monoisotopic (exact) mass is 894 g/mol. The van der Waals surface area contributed by atoms with Gasteiger partial charge >= 0.3 is 0 Å². The first-order valence-electron chi connectivity index (χ1n) is 21.5. The molecule has 0 radical (unpaired) electrons. The van der Waals surface area contributed by atoms with Gasteiger partial charge in [-0.2, -0.15) is 0 Å². The van der Waals surface area contributed by atoms with Crippen molar-refractivity contribution in [2.45, 2.75) is 66.5 Å². The first-order valence-corrected chi connectivity index (χ1v) is 24.3. The van der Waals surface area contributed by atoms with Crippen LogP contribution in [0.4, 0.5) is 22.9 Å². The molecule has 4 aliphatic rings. The number of rotatable bonds is 16. The van der Waals surface area contributed by atoms with Crippen LogP contribution in [0.1, 0.15) is 44.1 Å². The van der Waals surface area contributed by atoms with Gasteiger partial charge in [0.15, 0.2) is 5.82 Å². The number of allylic oxidation sites excluding steroid dienone is 1. The molecule has 3 saturated heterocycles. The Morgan fingerprint density at radius 2 is 1.76 bits per heavy atom. The van der Waals surface area contributed by atoms with Gasteiger partial charge in [-0.3, -0.25) is 24.6 Å². The van der Waals surface area contributed by atoms with Crippen molar-refractivity contribution in [3.8, 4) is 0 Å². The van der Waals surface area contributed by atoms with E-state index in [1.165, 1.54) is 48.0 Å². The van der Waals surface area contributed by atoms with Crippen molar-refractivity contribution >= 4 is 72.7 Å². The third-order valence-corrected chi connectivity index (χ3v) is 15.3. The number of piperazine rings is 1. The number of ether oxygens (including phenoxy) is 1. The molecule has 1 unspecified atom stereocenters. The molecule has 1 aromatic heterocycles. The van der Waals surface area contributed by atoms with Gasteiger partial charge < -0.3 is 15.0 Å². The number of benzene rings is 4. The quantitative estimate of drug-likeness (QED) is 0.0556. The molecule has 5 aromatic rings.